The highest BCUT2D eigenvalue weighted by Crippen LogP contribution is 2.27. The second-order valence-electron chi connectivity index (χ2n) is 8.09. The Labute approximate surface area is 218 Å². The molecule has 2 heterocycles. The number of rotatable bonds is 6. The van der Waals surface area contributed by atoms with Crippen LogP contribution in [0.15, 0.2) is 77.6 Å². The fourth-order valence-corrected chi connectivity index (χ4v) is 3.97. The van der Waals surface area contributed by atoms with Crippen LogP contribution < -0.4 is 16.2 Å². The molecule has 0 aliphatic carbocycles. The maximum absolute atomic E-state index is 12.8. The van der Waals surface area contributed by atoms with E-state index in [-0.39, 0.29) is 34.1 Å². The molecule has 4 N–H and O–H groups in total. The number of benzene rings is 3. The van der Waals surface area contributed by atoms with Gasteiger partial charge in [-0.05, 0) is 42.5 Å². The summed E-state index contributed by atoms with van der Waals surface area (Å²) in [5.41, 5.74) is 1.20. The molecule has 5 rings (SSSR count). The molecule has 0 unspecified atom stereocenters. The number of nitrogens with one attached hydrogen (secondary N) is 4. The van der Waals surface area contributed by atoms with Crippen LogP contribution in [0.4, 0.5) is 23.0 Å². The zero-order chi connectivity index (χ0) is 26.8. The van der Waals surface area contributed by atoms with Crippen LogP contribution in [0.25, 0.3) is 22.2 Å². The van der Waals surface area contributed by atoms with Crippen LogP contribution in [0.5, 0.6) is 0 Å². The van der Waals surface area contributed by atoms with E-state index in [1.807, 2.05) is 6.07 Å². The summed E-state index contributed by atoms with van der Waals surface area (Å²) >= 11 is 5.91. The number of fused-ring (bicyclic) bond motifs is 1. The first-order valence-corrected chi connectivity index (χ1v) is 11.4. The number of nitriles is 1. The van der Waals surface area contributed by atoms with Crippen LogP contribution in [0.3, 0.4) is 0 Å². The van der Waals surface area contributed by atoms with E-state index in [1.165, 1.54) is 12.1 Å². The number of carbonyl (C=O) groups is 1. The molecule has 186 valence electrons. The van der Waals surface area contributed by atoms with Gasteiger partial charge in [0.1, 0.15) is 22.8 Å². The maximum atomic E-state index is 12.8. The number of nitro groups is 1. The molecule has 0 bridgehead atoms. The van der Waals surface area contributed by atoms with E-state index >= 15 is 0 Å². The molecule has 0 radical (unpaired) electrons. The Morgan fingerprint density at radius 2 is 1.74 bits per heavy atom. The lowest BCUT2D eigenvalue weighted by molar-refractivity contribution is -0.383. The first-order valence-electron chi connectivity index (χ1n) is 11.1. The van der Waals surface area contributed by atoms with Gasteiger partial charge >= 0.3 is 0 Å². The Morgan fingerprint density at radius 1 is 1.03 bits per heavy atom. The van der Waals surface area contributed by atoms with E-state index in [9.17, 15) is 25.0 Å². The van der Waals surface area contributed by atoms with Gasteiger partial charge in [0.2, 0.25) is 5.95 Å². The summed E-state index contributed by atoms with van der Waals surface area (Å²) in [5, 5.41) is 27.6. The normalized spacial score (nSPS) is 10.6. The van der Waals surface area contributed by atoms with Gasteiger partial charge in [-0.3, -0.25) is 24.7 Å². The van der Waals surface area contributed by atoms with Crippen molar-refractivity contribution in [2.24, 2.45) is 0 Å². The number of aromatic nitrogens is 3. The molecule has 3 aromatic carbocycles. The van der Waals surface area contributed by atoms with Crippen molar-refractivity contribution >= 4 is 51.4 Å². The molecular formula is C26H16ClN7O4. The van der Waals surface area contributed by atoms with Crippen LogP contribution in [-0.4, -0.2) is 25.8 Å². The zero-order valence-electron chi connectivity index (χ0n) is 19.3. The molecule has 0 spiro atoms. The molecule has 0 saturated heterocycles. The van der Waals surface area contributed by atoms with Crippen LogP contribution in [0.2, 0.25) is 5.02 Å². The first-order chi connectivity index (χ1) is 18.3. The van der Waals surface area contributed by atoms with Crippen LogP contribution in [-0.2, 0) is 0 Å². The molecule has 12 heteroatoms. The fraction of sp³-hybridized carbons (Fsp3) is 0. The third kappa shape index (κ3) is 4.79. The average Bonchev–Trinajstić information content (AvgIpc) is 3.35. The lowest BCUT2D eigenvalue weighted by atomic mass is 10.1. The number of nitrogens with zero attached hydrogens (tertiary/aromatic N) is 3. The summed E-state index contributed by atoms with van der Waals surface area (Å²) in [7, 11) is 0. The number of anilines is 3. The molecule has 2 aromatic heterocycles. The molecule has 0 fully saturated rings. The van der Waals surface area contributed by atoms with Gasteiger partial charge in [-0.1, -0.05) is 35.9 Å². The first kappa shape index (κ1) is 24.2. The van der Waals surface area contributed by atoms with Crippen molar-refractivity contribution in [3.05, 3.63) is 110 Å². The van der Waals surface area contributed by atoms with Gasteiger partial charge in [0.25, 0.3) is 17.2 Å². The minimum Gasteiger partial charge on any atom is -0.345 e. The largest absolute Gasteiger partial charge is 0.345 e. The number of H-pyrrole nitrogens is 2. The summed E-state index contributed by atoms with van der Waals surface area (Å²) in [6, 6.07) is 21.2. The smallest absolute Gasteiger partial charge is 0.293 e. The number of carbonyl (C=O) groups excluding carboxylic acids is 1. The number of hydrogen-bond acceptors (Lipinski definition) is 7. The standard InChI is InChI=1S/C26H16ClN7O4/c27-16-6-10-18(11-7-16)30-26-32-22(19(13-28)24(35)33-26)14-4-8-17(9-5-14)29-25(36)20-12-15-2-1-3-21(34(37)38)23(15)31-20/h1-12,31H,(H,29,36)(H2,30,32,33,35). The van der Waals surface area contributed by atoms with Crippen LogP contribution >= 0.6 is 11.6 Å². The van der Waals surface area contributed by atoms with Crippen molar-refractivity contribution in [2.75, 3.05) is 10.6 Å². The second kappa shape index (κ2) is 9.88. The van der Waals surface area contributed by atoms with Crippen molar-refractivity contribution in [1.82, 2.24) is 15.0 Å². The predicted molar refractivity (Wildman–Crippen MR) is 143 cm³/mol. The molecule has 0 atom stereocenters. The average molecular weight is 526 g/mol. The van der Waals surface area contributed by atoms with Crippen LogP contribution in [0.1, 0.15) is 16.1 Å². The monoisotopic (exact) mass is 525 g/mol. The summed E-state index contributed by atoms with van der Waals surface area (Å²) in [5.74, 6) is -0.360. The summed E-state index contributed by atoms with van der Waals surface area (Å²) in [4.78, 5) is 45.8. The van der Waals surface area contributed by atoms with Crippen molar-refractivity contribution < 1.29 is 9.72 Å². The summed E-state index contributed by atoms with van der Waals surface area (Å²) in [6.07, 6.45) is 0. The topological polar surface area (TPSA) is 170 Å². The SMILES string of the molecule is N#Cc1c(-c2ccc(NC(=O)c3cc4cccc([N+](=O)[O-])c4[nH]3)cc2)nc(Nc2ccc(Cl)cc2)[nH]c1=O. The van der Waals surface area contributed by atoms with E-state index < -0.39 is 16.4 Å². The molecule has 0 aliphatic rings. The Bertz CT molecular complexity index is 1800. The van der Waals surface area contributed by atoms with Crippen molar-refractivity contribution in [1.29, 1.82) is 5.26 Å². The lowest BCUT2D eigenvalue weighted by Crippen LogP contribution is -2.16. The minimum atomic E-state index is -0.612. The highest BCUT2D eigenvalue weighted by molar-refractivity contribution is 6.30. The number of aromatic amines is 2. The zero-order valence-corrected chi connectivity index (χ0v) is 20.0. The Morgan fingerprint density at radius 3 is 2.42 bits per heavy atom. The maximum Gasteiger partial charge on any atom is 0.293 e. The number of halogens is 1. The molecule has 11 nitrogen and oxygen atoms in total. The molecule has 38 heavy (non-hydrogen) atoms. The quantitative estimate of drug-likeness (QED) is 0.171. The minimum absolute atomic E-state index is 0.130. The van der Waals surface area contributed by atoms with Gasteiger partial charge in [0.15, 0.2) is 0 Å². The van der Waals surface area contributed by atoms with E-state index in [1.54, 1.807) is 60.7 Å². The van der Waals surface area contributed by atoms with Gasteiger partial charge in [0.05, 0.1) is 10.6 Å². The van der Waals surface area contributed by atoms with E-state index in [4.69, 9.17) is 11.6 Å². The molecular weight excluding hydrogens is 510 g/mol. The number of amides is 1. The predicted octanol–water partition coefficient (Wildman–Crippen LogP) is 5.35. The van der Waals surface area contributed by atoms with E-state index in [0.29, 0.717) is 27.3 Å². The molecule has 5 aromatic rings. The van der Waals surface area contributed by atoms with E-state index in [2.05, 4.69) is 25.6 Å². The Kier molecular flexibility index (Phi) is 6.30. The lowest BCUT2D eigenvalue weighted by Gasteiger charge is -2.10. The summed E-state index contributed by atoms with van der Waals surface area (Å²) in [6.45, 7) is 0. The van der Waals surface area contributed by atoms with Crippen molar-refractivity contribution in [3.8, 4) is 17.3 Å². The van der Waals surface area contributed by atoms with Crippen molar-refractivity contribution in [3.63, 3.8) is 0 Å². The fourth-order valence-electron chi connectivity index (χ4n) is 3.84. The third-order valence-electron chi connectivity index (χ3n) is 5.63. The van der Waals surface area contributed by atoms with Gasteiger partial charge in [-0.2, -0.15) is 5.26 Å². The van der Waals surface area contributed by atoms with Gasteiger partial charge in [-0.25, -0.2) is 4.98 Å². The molecule has 0 saturated carbocycles. The van der Waals surface area contributed by atoms with Crippen LogP contribution in [0, 0.1) is 21.4 Å². The summed E-state index contributed by atoms with van der Waals surface area (Å²) < 4.78 is 0. The van der Waals surface area contributed by atoms with Crippen molar-refractivity contribution in [2.45, 2.75) is 0 Å². The highest BCUT2D eigenvalue weighted by atomic mass is 35.5. The Hall–Kier alpha value is -5.47. The number of hydrogen-bond donors (Lipinski definition) is 4. The van der Waals surface area contributed by atoms with Gasteiger partial charge < -0.3 is 15.6 Å². The molecule has 1 amide bonds. The van der Waals surface area contributed by atoms with Gasteiger partial charge in [-0.15, -0.1) is 0 Å². The number of para-hydroxylation sites is 1. The number of non-ortho nitro benzene ring substituents is 1. The highest BCUT2D eigenvalue weighted by Gasteiger charge is 2.18. The van der Waals surface area contributed by atoms with E-state index in [0.717, 1.165) is 0 Å². The van der Waals surface area contributed by atoms with Gasteiger partial charge in [0, 0.05) is 33.4 Å². The molecule has 0 aliphatic heterocycles. The third-order valence-corrected chi connectivity index (χ3v) is 5.88. The second-order valence-corrected chi connectivity index (χ2v) is 8.53. The Balaban J connectivity index is 1.40. The number of nitro benzene ring substituents is 1.